The SMILES string of the molecule is Cc1ccc(CN)cc1OCC(C)(C)C(=O)O. The molecule has 0 aliphatic carbocycles. The van der Waals surface area contributed by atoms with Crippen molar-refractivity contribution in [2.75, 3.05) is 6.61 Å². The molecule has 0 unspecified atom stereocenters. The highest BCUT2D eigenvalue weighted by molar-refractivity contribution is 5.73. The molecule has 0 bridgehead atoms. The number of aryl methyl sites for hydroxylation is 1. The van der Waals surface area contributed by atoms with Gasteiger partial charge >= 0.3 is 5.97 Å². The summed E-state index contributed by atoms with van der Waals surface area (Å²) in [7, 11) is 0. The molecular weight excluding hydrogens is 218 g/mol. The summed E-state index contributed by atoms with van der Waals surface area (Å²) in [5.74, 6) is -0.174. The van der Waals surface area contributed by atoms with E-state index in [0.717, 1.165) is 11.1 Å². The number of hydrogen-bond donors (Lipinski definition) is 2. The van der Waals surface area contributed by atoms with Crippen LogP contribution in [0.5, 0.6) is 5.75 Å². The van der Waals surface area contributed by atoms with Crippen molar-refractivity contribution in [1.29, 1.82) is 0 Å². The summed E-state index contributed by atoms with van der Waals surface area (Å²) in [5.41, 5.74) is 6.60. The number of rotatable bonds is 5. The minimum Gasteiger partial charge on any atom is -0.492 e. The summed E-state index contributed by atoms with van der Waals surface area (Å²) < 4.78 is 5.57. The molecule has 0 radical (unpaired) electrons. The van der Waals surface area contributed by atoms with Crippen molar-refractivity contribution in [1.82, 2.24) is 0 Å². The van der Waals surface area contributed by atoms with E-state index in [1.54, 1.807) is 13.8 Å². The molecule has 4 nitrogen and oxygen atoms in total. The zero-order chi connectivity index (χ0) is 13.1. The molecule has 0 saturated carbocycles. The molecule has 0 aliphatic rings. The summed E-state index contributed by atoms with van der Waals surface area (Å²) in [6.07, 6.45) is 0. The van der Waals surface area contributed by atoms with Crippen molar-refractivity contribution in [3.8, 4) is 5.75 Å². The van der Waals surface area contributed by atoms with E-state index in [9.17, 15) is 4.79 Å². The molecule has 0 aromatic heterocycles. The standard InChI is InChI=1S/C13H19NO3/c1-9-4-5-10(7-14)6-11(9)17-8-13(2,3)12(15)16/h4-6H,7-8,14H2,1-3H3,(H,15,16). The minimum atomic E-state index is -0.898. The maximum atomic E-state index is 11.0. The maximum absolute atomic E-state index is 11.0. The summed E-state index contributed by atoms with van der Waals surface area (Å²) in [4.78, 5) is 11.0. The van der Waals surface area contributed by atoms with E-state index in [4.69, 9.17) is 15.6 Å². The maximum Gasteiger partial charge on any atom is 0.312 e. The average Bonchev–Trinajstić information content (AvgIpc) is 2.28. The van der Waals surface area contributed by atoms with Crippen LogP contribution in [0, 0.1) is 12.3 Å². The quantitative estimate of drug-likeness (QED) is 0.821. The van der Waals surface area contributed by atoms with Crippen LogP contribution in [-0.2, 0) is 11.3 Å². The number of aliphatic carboxylic acids is 1. The predicted molar refractivity (Wildman–Crippen MR) is 66.0 cm³/mol. The Bertz CT molecular complexity index is 413. The molecule has 0 spiro atoms. The molecule has 1 rings (SSSR count). The minimum absolute atomic E-state index is 0.136. The predicted octanol–water partition coefficient (Wildman–Crippen LogP) is 1.94. The fraction of sp³-hybridized carbons (Fsp3) is 0.462. The van der Waals surface area contributed by atoms with Gasteiger partial charge in [-0.15, -0.1) is 0 Å². The van der Waals surface area contributed by atoms with Crippen molar-refractivity contribution in [3.63, 3.8) is 0 Å². The molecule has 0 aliphatic heterocycles. The second kappa shape index (κ2) is 5.19. The van der Waals surface area contributed by atoms with Crippen LogP contribution in [0.15, 0.2) is 18.2 Å². The van der Waals surface area contributed by atoms with Crippen molar-refractivity contribution in [3.05, 3.63) is 29.3 Å². The molecule has 0 amide bonds. The zero-order valence-electron chi connectivity index (χ0n) is 10.5. The molecule has 4 heteroatoms. The number of ether oxygens (including phenoxy) is 1. The van der Waals surface area contributed by atoms with Gasteiger partial charge in [-0.05, 0) is 38.0 Å². The summed E-state index contributed by atoms with van der Waals surface area (Å²) in [5, 5.41) is 8.99. The van der Waals surface area contributed by atoms with Gasteiger partial charge in [-0.2, -0.15) is 0 Å². The molecule has 0 fully saturated rings. The van der Waals surface area contributed by atoms with Crippen molar-refractivity contribution in [2.24, 2.45) is 11.1 Å². The number of benzene rings is 1. The highest BCUT2D eigenvalue weighted by Gasteiger charge is 2.28. The van der Waals surface area contributed by atoms with Crippen LogP contribution in [-0.4, -0.2) is 17.7 Å². The smallest absolute Gasteiger partial charge is 0.312 e. The Hall–Kier alpha value is -1.55. The van der Waals surface area contributed by atoms with Gasteiger partial charge in [-0.1, -0.05) is 12.1 Å². The lowest BCUT2D eigenvalue weighted by atomic mass is 9.95. The number of hydrogen-bond acceptors (Lipinski definition) is 3. The fourth-order valence-electron chi connectivity index (χ4n) is 1.25. The molecule has 94 valence electrons. The van der Waals surface area contributed by atoms with E-state index in [-0.39, 0.29) is 6.61 Å². The van der Waals surface area contributed by atoms with E-state index >= 15 is 0 Å². The van der Waals surface area contributed by atoms with E-state index in [1.807, 2.05) is 25.1 Å². The third-order valence-corrected chi connectivity index (χ3v) is 2.66. The van der Waals surface area contributed by atoms with Crippen LogP contribution in [0.3, 0.4) is 0 Å². The van der Waals surface area contributed by atoms with Crippen LogP contribution in [0.2, 0.25) is 0 Å². The molecule has 1 aromatic carbocycles. The highest BCUT2D eigenvalue weighted by Crippen LogP contribution is 2.23. The Labute approximate surface area is 101 Å². The molecule has 0 saturated heterocycles. The first kappa shape index (κ1) is 13.5. The summed E-state index contributed by atoms with van der Waals surface area (Å²) in [6.45, 7) is 5.77. The van der Waals surface area contributed by atoms with E-state index in [1.165, 1.54) is 0 Å². The average molecular weight is 237 g/mol. The van der Waals surface area contributed by atoms with Gasteiger partial charge in [0.1, 0.15) is 12.4 Å². The second-order valence-electron chi connectivity index (χ2n) is 4.78. The van der Waals surface area contributed by atoms with Gasteiger partial charge in [0.2, 0.25) is 0 Å². The first-order chi connectivity index (χ1) is 7.86. The van der Waals surface area contributed by atoms with Crippen molar-refractivity contribution >= 4 is 5.97 Å². The van der Waals surface area contributed by atoms with Gasteiger partial charge in [0.15, 0.2) is 0 Å². The Kier molecular flexibility index (Phi) is 4.12. The van der Waals surface area contributed by atoms with E-state index in [0.29, 0.717) is 12.3 Å². The van der Waals surface area contributed by atoms with E-state index in [2.05, 4.69) is 0 Å². The first-order valence-corrected chi connectivity index (χ1v) is 5.52. The number of carbonyl (C=O) groups is 1. The van der Waals surface area contributed by atoms with Crippen LogP contribution < -0.4 is 10.5 Å². The topological polar surface area (TPSA) is 72.5 Å². The lowest BCUT2D eigenvalue weighted by molar-refractivity contribution is -0.148. The monoisotopic (exact) mass is 237 g/mol. The fourth-order valence-corrected chi connectivity index (χ4v) is 1.25. The van der Waals surface area contributed by atoms with Crippen LogP contribution in [0.25, 0.3) is 0 Å². The van der Waals surface area contributed by atoms with Crippen LogP contribution in [0.1, 0.15) is 25.0 Å². The van der Waals surface area contributed by atoms with Gasteiger partial charge in [-0.3, -0.25) is 4.79 Å². The van der Waals surface area contributed by atoms with Gasteiger partial charge < -0.3 is 15.6 Å². The number of carboxylic acids is 1. The van der Waals surface area contributed by atoms with Gasteiger partial charge in [0.25, 0.3) is 0 Å². The van der Waals surface area contributed by atoms with Gasteiger partial charge in [0, 0.05) is 6.54 Å². The van der Waals surface area contributed by atoms with Gasteiger partial charge in [-0.25, -0.2) is 0 Å². The van der Waals surface area contributed by atoms with Crippen LogP contribution in [0.4, 0.5) is 0 Å². The number of carboxylic acid groups (broad SMARTS) is 1. The lowest BCUT2D eigenvalue weighted by Gasteiger charge is -2.20. The van der Waals surface area contributed by atoms with Gasteiger partial charge in [0.05, 0.1) is 5.41 Å². The largest absolute Gasteiger partial charge is 0.492 e. The van der Waals surface area contributed by atoms with Crippen LogP contribution >= 0.6 is 0 Å². The Morgan fingerprint density at radius 3 is 2.65 bits per heavy atom. The first-order valence-electron chi connectivity index (χ1n) is 5.52. The second-order valence-corrected chi connectivity index (χ2v) is 4.78. The number of nitrogens with two attached hydrogens (primary N) is 1. The van der Waals surface area contributed by atoms with E-state index < -0.39 is 11.4 Å². The Balaban J connectivity index is 2.78. The third kappa shape index (κ3) is 3.46. The Morgan fingerprint density at radius 1 is 1.47 bits per heavy atom. The summed E-state index contributed by atoms with van der Waals surface area (Å²) in [6, 6.07) is 5.71. The van der Waals surface area contributed by atoms with Crippen molar-refractivity contribution in [2.45, 2.75) is 27.3 Å². The molecule has 17 heavy (non-hydrogen) atoms. The normalized spacial score (nSPS) is 11.3. The zero-order valence-corrected chi connectivity index (χ0v) is 10.5. The lowest BCUT2D eigenvalue weighted by Crippen LogP contribution is -2.30. The third-order valence-electron chi connectivity index (χ3n) is 2.66. The molecule has 0 atom stereocenters. The highest BCUT2D eigenvalue weighted by atomic mass is 16.5. The summed E-state index contributed by atoms with van der Waals surface area (Å²) >= 11 is 0. The Morgan fingerprint density at radius 2 is 2.12 bits per heavy atom. The molecule has 3 N–H and O–H groups in total. The molecule has 1 aromatic rings. The van der Waals surface area contributed by atoms with Crippen molar-refractivity contribution < 1.29 is 14.6 Å². The molecule has 0 heterocycles. The molecular formula is C13H19NO3.